The molecule has 6 heteroatoms. The molecule has 1 N–H and O–H groups in total. The van der Waals surface area contributed by atoms with Gasteiger partial charge in [-0.25, -0.2) is 0 Å². The lowest BCUT2D eigenvalue weighted by Gasteiger charge is -2.16. The zero-order chi connectivity index (χ0) is 13.4. The van der Waals surface area contributed by atoms with Gasteiger partial charge in [-0.2, -0.15) is 5.10 Å². The molecule has 1 aliphatic heterocycles. The summed E-state index contributed by atoms with van der Waals surface area (Å²) in [6.45, 7) is 0.366. The van der Waals surface area contributed by atoms with E-state index in [0.717, 1.165) is 16.6 Å². The van der Waals surface area contributed by atoms with Crippen LogP contribution in [0.2, 0.25) is 0 Å². The number of aromatic nitrogens is 2. The second-order valence-corrected chi connectivity index (χ2v) is 4.57. The Kier molecular flexibility index (Phi) is 2.70. The number of amides is 1. The summed E-state index contributed by atoms with van der Waals surface area (Å²) in [5.74, 6) is -0.775. The van der Waals surface area contributed by atoms with Crippen molar-refractivity contribution in [1.82, 2.24) is 10.2 Å². The van der Waals surface area contributed by atoms with E-state index >= 15 is 0 Å². The third kappa shape index (κ3) is 1.95. The van der Waals surface area contributed by atoms with Crippen molar-refractivity contribution in [3.05, 3.63) is 24.4 Å². The van der Waals surface area contributed by atoms with Crippen LogP contribution in [0.1, 0.15) is 6.42 Å². The number of rotatable bonds is 2. The molecule has 0 spiro atoms. The summed E-state index contributed by atoms with van der Waals surface area (Å²) >= 11 is 0. The second-order valence-electron chi connectivity index (χ2n) is 4.57. The molecule has 1 aromatic carbocycles. The maximum Gasteiger partial charge on any atom is 0.311 e. The minimum atomic E-state index is -0.380. The minimum Gasteiger partial charge on any atom is -0.469 e. The van der Waals surface area contributed by atoms with Gasteiger partial charge < -0.3 is 9.64 Å². The molecule has 98 valence electrons. The Morgan fingerprint density at radius 3 is 3.16 bits per heavy atom. The first-order chi connectivity index (χ1) is 9.19. The number of carbonyl (C=O) groups is 2. The van der Waals surface area contributed by atoms with E-state index in [1.807, 2.05) is 18.2 Å². The Hall–Kier alpha value is -2.37. The van der Waals surface area contributed by atoms with E-state index in [9.17, 15) is 9.59 Å². The molecule has 1 fully saturated rings. The molecule has 1 aromatic heterocycles. The molecule has 1 atom stereocenters. The number of hydrogen-bond donors (Lipinski definition) is 1. The van der Waals surface area contributed by atoms with E-state index in [-0.39, 0.29) is 24.2 Å². The van der Waals surface area contributed by atoms with E-state index in [4.69, 9.17) is 4.74 Å². The summed E-state index contributed by atoms with van der Waals surface area (Å²) in [5.41, 5.74) is 1.64. The fourth-order valence-corrected chi connectivity index (χ4v) is 2.37. The molecule has 0 aliphatic carbocycles. The molecule has 1 amide bonds. The number of nitrogens with one attached hydrogen (secondary N) is 1. The predicted octanol–water partition coefficient (Wildman–Crippen LogP) is 1.09. The van der Waals surface area contributed by atoms with Gasteiger partial charge in [-0.15, -0.1) is 0 Å². The SMILES string of the molecule is COC(=O)C1CC(=O)N(c2ccc3cn[nH]c3c2)C1. The molecule has 0 radical (unpaired) electrons. The topological polar surface area (TPSA) is 75.3 Å². The third-order valence-corrected chi connectivity index (χ3v) is 3.40. The zero-order valence-corrected chi connectivity index (χ0v) is 10.4. The average Bonchev–Trinajstić information content (AvgIpc) is 3.03. The Morgan fingerprint density at radius 1 is 1.53 bits per heavy atom. The van der Waals surface area contributed by atoms with Gasteiger partial charge in [0.2, 0.25) is 5.91 Å². The van der Waals surface area contributed by atoms with Crippen LogP contribution < -0.4 is 4.90 Å². The first-order valence-electron chi connectivity index (χ1n) is 6.00. The van der Waals surface area contributed by atoms with Gasteiger partial charge in [0.05, 0.1) is 24.7 Å². The van der Waals surface area contributed by atoms with E-state index in [2.05, 4.69) is 10.2 Å². The molecule has 3 rings (SSSR count). The number of methoxy groups -OCH3 is 1. The lowest BCUT2D eigenvalue weighted by molar-refractivity contribution is -0.145. The zero-order valence-electron chi connectivity index (χ0n) is 10.4. The van der Waals surface area contributed by atoms with Crippen molar-refractivity contribution in [1.29, 1.82) is 0 Å². The Balaban J connectivity index is 1.89. The predicted molar refractivity (Wildman–Crippen MR) is 68.6 cm³/mol. The van der Waals surface area contributed by atoms with Gasteiger partial charge in [-0.1, -0.05) is 0 Å². The number of ether oxygens (including phenoxy) is 1. The number of benzene rings is 1. The van der Waals surface area contributed by atoms with Crippen LogP contribution in [0, 0.1) is 5.92 Å². The highest BCUT2D eigenvalue weighted by Crippen LogP contribution is 2.27. The standard InChI is InChI=1S/C13H13N3O3/c1-19-13(18)9-4-12(17)16(7-9)10-3-2-8-6-14-15-11(8)5-10/h2-3,5-6,9H,4,7H2,1H3,(H,14,15). The van der Waals surface area contributed by atoms with Crippen molar-refractivity contribution in [3.63, 3.8) is 0 Å². The number of carbonyl (C=O) groups excluding carboxylic acids is 2. The summed E-state index contributed by atoms with van der Waals surface area (Å²) in [6, 6.07) is 5.61. The second kappa shape index (κ2) is 4.38. The first-order valence-corrected chi connectivity index (χ1v) is 6.00. The quantitative estimate of drug-likeness (QED) is 0.819. The number of esters is 1. The minimum absolute atomic E-state index is 0.0609. The monoisotopic (exact) mass is 259 g/mol. The van der Waals surface area contributed by atoms with Gasteiger partial charge in [-0.3, -0.25) is 14.7 Å². The van der Waals surface area contributed by atoms with E-state index in [1.54, 1.807) is 11.1 Å². The van der Waals surface area contributed by atoms with Crippen LogP contribution >= 0.6 is 0 Å². The summed E-state index contributed by atoms with van der Waals surface area (Å²) in [4.78, 5) is 25.1. The van der Waals surface area contributed by atoms with Gasteiger partial charge in [0.15, 0.2) is 0 Å². The fourth-order valence-electron chi connectivity index (χ4n) is 2.37. The van der Waals surface area contributed by atoms with Gasteiger partial charge in [0.25, 0.3) is 0 Å². The molecule has 1 unspecified atom stereocenters. The molecule has 1 aliphatic rings. The molecule has 0 saturated carbocycles. The number of hydrogen-bond acceptors (Lipinski definition) is 4. The molecular formula is C13H13N3O3. The first kappa shape index (κ1) is 11.7. The van der Waals surface area contributed by atoms with E-state index in [1.165, 1.54) is 7.11 Å². The van der Waals surface area contributed by atoms with Crippen molar-refractivity contribution in [2.45, 2.75) is 6.42 Å². The lowest BCUT2D eigenvalue weighted by atomic mass is 10.1. The lowest BCUT2D eigenvalue weighted by Crippen LogP contribution is -2.26. The van der Waals surface area contributed by atoms with Gasteiger partial charge >= 0.3 is 5.97 Å². The van der Waals surface area contributed by atoms with Crippen LogP contribution in [0.3, 0.4) is 0 Å². The Bertz CT molecular complexity index is 649. The Labute approximate surface area is 109 Å². The van der Waals surface area contributed by atoms with Crippen LogP contribution in [0.25, 0.3) is 10.9 Å². The van der Waals surface area contributed by atoms with Gasteiger partial charge in [0.1, 0.15) is 0 Å². The highest BCUT2D eigenvalue weighted by molar-refractivity contribution is 6.00. The average molecular weight is 259 g/mol. The number of nitrogens with zero attached hydrogens (tertiary/aromatic N) is 2. The van der Waals surface area contributed by atoms with Crippen LogP contribution in [0.4, 0.5) is 5.69 Å². The number of fused-ring (bicyclic) bond motifs is 1. The number of aromatic amines is 1. The van der Waals surface area contributed by atoms with Crippen LogP contribution in [-0.2, 0) is 14.3 Å². The maximum atomic E-state index is 12.0. The van der Waals surface area contributed by atoms with Crippen molar-refractivity contribution < 1.29 is 14.3 Å². The highest BCUT2D eigenvalue weighted by atomic mass is 16.5. The summed E-state index contributed by atoms with van der Waals surface area (Å²) in [5, 5.41) is 7.79. The Morgan fingerprint density at radius 2 is 2.37 bits per heavy atom. The molecule has 2 aromatic rings. The summed E-state index contributed by atoms with van der Waals surface area (Å²) in [6.07, 6.45) is 1.93. The fraction of sp³-hybridized carbons (Fsp3) is 0.308. The summed E-state index contributed by atoms with van der Waals surface area (Å²) in [7, 11) is 1.34. The van der Waals surface area contributed by atoms with Crippen molar-refractivity contribution in [3.8, 4) is 0 Å². The van der Waals surface area contributed by atoms with Crippen LogP contribution in [0.5, 0.6) is 0 Å². The maximum absolute atomic E-state index is 12.0. The highest BCUT2D eigenvalue weighted by Gasteiger charge is 2.35. The summed E-state index contributed by atoms with van der Waals surface area (Å²) < 4.78 is 4.69. The van der Waals surface area contributed by atoms with E-state index < -0.39 is 0 Å². The van der Waals surface area contributed by atoms with E-state index in [0.29, 0.717) is 6.54 Å². The smallest absolute Gasteiger partial charge is 0.311 e. The number of H-pyrrole nitrogens is 1. The van der Waals surface area contributed by atoms with Gasteiger partial charge in [0, 0.05) is 24.0 Å². The normalized spacial score (nSPS) is 19.1. The van der Waals surface area contributed by atoms with Crippen molar-refractivity contribution >= 4 is 28.5 Å². The third-order valence-electron chi connectivity index (χ3n) is 3.40. The molecule has 19 heavy (non-hydrogen) atoms. The largest absolute Gasteiger partial charge is 0.469 e. The molecule has 0 bridgehead atoms. The number of anilines is 1. The van der Waals surface area contributed by atoms with Crippen molar-refractivity contribution in [2.75, 3.05) is 18.6 Å². The molecule has 6 nitrogen and oxygen atoms in total. The van der Waals surface area contributed by atoms with Crippen molar-refractivity contribution in [2.24, 2.45) is 5.92 Å². The molecule has 1 saturated heterocycles. The van der Waals surface area contributed by atoms with Gasteiger partial charge in [-0.05, 0) is 18.2 Å². The van der Waals surface area contributed by atoms with Crippen LogP contribution in [0.15, 0.2) is 24.4 Å². The van der Waals surface area contributed by atoms with Crippen LogP contribution in [-0.4, -0.2) is 35.7 Å². The molecular weight excluding hydrogens is 246 g/mol. The molecule has 2 heterocycles.